The average molecular weight is 285 g/mol. The predicted octanol–water partition coefficient (Wildman–Crippen LogP) is -0.531. The molecule has 2 heterocycles. The number of nitrogens with one attached hydrogen (secondary N) is 1. The molecule has 1 unspecified atom stereocenters. The van der Waals surface area contributed by atoms with E-state index < -0.39 is 11.8 Å². The minimum atomic E-state index is -0.483. The molecule has 0 bridgehead atoms. The topological polar surface area (TPSA) is 73.9 Å². The number of benzene rings is 1. The van der Waals surface area contributed by atoms with Gasteiger partial charge in [0.2, 0.25) is 12.7 Å². The Labute approximate surface area is 119 Å². The number of allylic oxidation sites excluding steroid dienone is 1. The Morgan fingerprint density at radius 1 is 1.33 bits per heavy atom. The fourth-order valence-electron chi connectivity index (χ4n) is 2.93. The van der Waals surface area contributed by atoms with Gasteiger partial charge in [-0.1, -0.05) is 18.2 Å². The van der Waals surface area contributed by atoms with Gasteiger partial charge in [-0.15, -0.1) is 0 Å². The molecule has 6 heteroatoms. The first-order chi connectivity index (χ1) is 10.2. The normalized spacial score (nSPS) is 21.4. The third kappa shape index (κ3) is 1.53. The molecule has 0 fully saturated rings. The first kappa shape index (κ1) is 12.0. The van der Waals surface area contributed by atoms with Crippen molar-refractivity contribution in [3.63, 3.8) is 0 Å². The lowest BCUT2D eigenvalue weighted by atomic mass is 9.84. The maximum Gasteiger partial charge on any atom is 0.293 e. The maximum absolute atomic E-state index is 12.1. The van der Waals surface area contributed by atoms with Crippen LogP contribution < -0.4 is 20.5 Å². The van der Waals surface area contributed by atoms with Gasteiger partial charge in [0.15, 0.2) is 0 Å². The first-order valence-electron chi connectivity index (χ1n) is 6.45. The van der Waals surface area contributed by atoms with Crippen molar-refractivity contribution in [3.05, 3.63) is 39.8 Å². The van der Waals surface area contributed by atoms with Crippen LogP contribution in [0.2, 0.25) is 0 Å². The highest BCUT2D eigenvalue weighted by atomic mass is 16.7. The molecule has 1 aromatic carbocycles. The summed E-state index contributed by atoms with van der Waals surface area (Å²) in [5, 5.41) is 3.73. The van der Waals surface area contributed by atoms with Crippen molar-refractivity contribution < 1.29 is 23.8 Å². The van der Waals surface area contributed by atoms with Gasteiger partial charge in [0, 0.05) is 5.56 Å². The summed E-state index contributed by atoms with van der Waals surface area (Å²) in [6.45, 7) is 0.0220. The molecule has 1 N–H and O–H groups in total. The number of fused-ring (bicyclic) bond motifs is 2. The Kier molecular flexibility index (Phi) is 2.35. The standard InChI is InChI=1S/C15H11NO5/c1-19-15-12-7-3-2-4-8-11(7)9(14(18)16-13(8)17)5-10(12)20-6-21-15/h2-5,8H,6H2,1H3,(H,16,17,18). The summed E-state index contributed by atoms with van der Waals surface area (Å²) < 4.78 is 16.1. The van der Waals surface area contributed by atoms with E-state index in [4.69, 9.17) is 14.2 Å². The monoisotopic (exact) mass is 285 g/mol. The fraction of sp³-hybridized carbons (Fsp3) is 0.200. The highest BCUT2D eigenvalue weighted by molar-refractivity contribution is 6.12. The van der Waals surface area contributed by atoms with Gasteiger partial charge < -0.3 is 14.2 Å². The summed E-state index contributed by atoms with van der Waals surface area (Å²) in [7, 11) is 1.50. The molecule has 2 aliphatic heterocycles. The fourth-order valence-corrected chi connectivity index (χ4v) is 2.93. The number of hydrogen-bond donors (Lipinski definition) is 1. The zero-order chi connectivity index (χ0) is 14.6. The Morgan fingerprint density at radius 3 is 3.00 bits per heavy atom. The van der Waals surface area contributed by atoms with Crippen LogP contribution in [-0.4, -0.2) is 25.7 Å². The lowest BCUT2D eigenvalue weighted by molar-refractivity contribution is -0.120. The van der Waals surface area contributed by atoms with Crippen LogP contribution in [0.5, 0.6) is 5.75 Å². The van der Waals surface area contributed by atoms with Crippen LogP contribution in [0.4, 0.5) is 0 Å². The summed E-state index contributed by atoms with van der Waals surface area (Å²) >= 11 is 0. The third-order valence-electron chi connectivity index (χ3n) is 3.81. The molecule has 3 aliphatic rings. The molecule has 1 aromatic rings. The molecule has 0 aromatic heterocycles. The molecule has 0 saturated carbocycles. The molecule has 1 aliphatic carbocycles. The van der Waals surface area contributed by atoms with Crippen LogP contribution in [0.3, 0.4) is 0 Å². The molecule has 0 saturated heterocycles. The highest BCUT2D eigenvalue weighted by Crippen LogP contribution is 2.27. The first-order valence-corrected chi connectivity index (χ1v) is 6.45. The Balaban J connectivity index is 2.19. The van der Waals surface area contributed by atoms with Crippen LogP contribution in [0.1, 0.15) is 21.8 Å². The number of amides is 2. The number of carbonyl (C=O) groups excluding carboxylic acids is 2. The SMILES string of the molecule is COC1=c2c(cc3c4c2=CC=CC4C(=O)NC3=O)OCO1. The number of hydrogen-bond acceptors (Lipinski definition) is 5. The molecule has 21 heavy (non-hydrogen) atoms. The number of carbonyl (C=O) groups is 2. The summed E-state index contributed by atoms with van der Waals surface area (Å²) in [5.74, 6) is -0.370. The minimum absolute atomic E-state index is 0.0220. The zero-order valence-electron chi connectivity index (χ0n) is 11.1. The van der Waals surface area contributed by atoms with Crippen LogP contribution in [-0.2, 0) is 14.3 Å². The molecular weight excluding hydrogens is 274 g/mol. The second-order valence-electron chi connectivity index (χ2n) is 4.87. The van der Waals surface area contributed by atoms with E-state index in [1.165, 1.54) is 7.11 Å². The lowest BCUT2D eigenvalue weighted by Gasteiger charge is -2.27. The Bertz CT molecular complexity index is 837. The number of rotatable bonds is 1. The van der Waals surface area contributed by atoms with E-state index in [0.29, 0.717) is 28.0 Å². The molecule has 0 radical (unpaired) electrons. The quantitative estimate of drug-likeness (QED) is 0.702. The van der Waals surface area contributed by atoms with Gasteiger partial charge in [-0.05, 0) is 16.8 Å². The largest absolute Gasteiger partial charge is 0.468 e. The van der Waals surface area contributed by atoms with E-state index in [9.17, 15) is 9.59 Å². The maximum atomic E-state index is 12.1. The summed E-state index contributed by atoms with van der Waals surface area (Å²) in [6.07, 6.45) is 5.38. The van der Waals surface area contributed by atoms with E-state index in [1.807, 2.05) is 6.08 Å². The van der Waals surface area contributed by atoms with Gasteiger partial charge in [0.25, 0.3) is 11.9 Å². The van der Waals surface area contributed by atoms with E-state index in [1.54, 1.807) is 18.2 Å². The summed E-state index contributed by atoms with van der Waals surface area (Å²) in [6, 6.07) is 1.64. The molecule has 106 valence electrons. The van der Waals surface area contributed by atoms with Gasteiger partial charge in [-0.2, -0.15) is 0 Å². The van der Waals surface area contributed by atoms with Crippen LogP contribution in [0.15, 0.2) is 18.2 Å². The number of ether oxygens (including phenoxy) is 3. The third-order valence-corrected chi connectivity index (χ3v) is 3.81. The lowest BCUT2D eigenvalue weighted by Crippen LogP contribution is -2.48. The molecule has 4 rings (SSSR count). The van der Waals surface area contributed by atoms with Gasteiger partial charge in [-0.3, -0.25) is 14.9 Å². The van der Waals surface area contributed by atoms with Crippen LogP contribution in [0.25, 0.3) is 12.0 Å². The predicted molar refractivity (Wildman–Crippen MR) is 71.5 cm³/mol. The van der Waals surface area contributed by atoms with Crippen molar-refractivity contribution in [3.8, 4) is 5.75 Å². The molecule has 1 atom stereocenters. The van der Waals surface area contributed by atoms with Crippen molar-refractivity contribution in [2.24, 2.45) is 0 Å². The van der Waals surface area contributed by atoms with Crippen LogP contribution in [0, 0.1) is 0 Å². The summed E-state index contributed by atoms with van der Waals surface area (Å²) in [4.78, 5) is 24.1. The number of methoxy groups -OCH3 is 1. The second kappa shape index (κ2) is 4.12. The highest BCUT2D eigenvalue weighted by Gasteiger charge is 2.34. The minimum Gasteiger partial charge on any atom is -0.468 e. The van der Waals surface area contributed by atoms with Gasteiger partial charge in [0.1, 0.15) is 11.0 Å². The second-order valence-corrected chi connectivity index (χ2v) is 4.87. The summed E-state index contributed by atoms with van der Waals surface area (Å²) in [5.41, 5.74) is 1.12. The van der Waals surface area contributed by atoms with Gasteiger partial charge in [-0.25, -0.2) is 0 Å². The van der Waals surface area contributed by atoms with Crippen molar-refractivity contribution in [1.29, 1.82) is 0 Å². The van der Waals surface area contributed by atoms with Crippen molar-refractivity contribution in [2.45, 2.75) is 5.92 Å². The number of imide groups is 1. The van der Waals surface area contributed by atoms with Crippen molar-refractivity contribution in [1.82, 2.24) is 5.32 Å². The van der Waals surface area contributed by atoms with E-state index in [0.717, 1.165) is 5.22 Å². The molecule has 2 amide bonds. The Hall–Kier alpha value is -2.76. The van der Waals surface area contributed by atoms with E-state index in [-0.39, 0.29) is 12.7 Å². The van der Waals surface area contributed by atoms with Crippen molar-refractivity contribution >= 4 is 23.8 Å². The molecule has 0 spiro atoms. The van der Waals surface area contributed by atoms with E-state index >= 15 is 0 Å². The van der Waals surface area contributed by atoms with E-state index in [2.05, 4.69) is 5.32 Å². The zero-order valence-corrected chi connectivity index (χ0v) is 11.1. The molecular formula is C15H11NO5. The van der Waals surface area contributed by atoms with Gasteiger partial charge >= 0.3 is 0 Å². The Morgan fingerprint density at radius 2 is 2.19 bits per heavy atom. The average Bonchev–Trinajstić information content (AvgIpc) is 2.51. The van der Waals surface area contributed by atoms with Gasteiger partial charge in [0.05, 0.1) is 13.0 Å². The molecule has 6 nitrogen and oxygen atoms in total. The van der Waals surface area contributed by atoms with Crippen LogP contribution >= 0.6 is 0 Å². The smallest absolute Gasteiger partial charge is 0.293 e. The van der Waals surface area contributed by atoms with Crippen molar-refractivity contribution in [2.75, 3.05) is 13.9 Å².